The summed E-state index contributed by atoms with van der Waals surface area (Å²) >= 11 is 3.55. The Hall–Kier alpha value is -12.0. The van der Waals surface area contributed by atoms with E-state index in [2.05, 4.69) is 89.4 Å². The van der Waals surface area contributed by atoms with Gasteiger partial charge >= 0.3 is 0 Å². The van der Waals surface area contributed by atoms with E-state index in [0.717, 1.165) is 159 Å². The number of aromatic nitrogens is 16. The van der Waals surface area contributed by atoms with Crippen molar-refractivity contribution in [2.24, 2.45) is 0 Å². The van der Waals surface area contributed by atoms with Crippen LogP contribution < -0.4 is 10.2 Å². The molecule has 424 valence electrons. The molecule has 0 saturated heterocycles. The van der Waals surface area contributed by atoms with Crippen molar-refractivity contribution in [1.82, 2.24) is 77.4 Å². The Morgan fingerprint density at radius 1 is 0.337 bits per heavy atom. The maximum atomic E-state index is 11.8. The molecule has 19 heteroatoms. The Morgan fingerprint density at radius 2 is 0.697 bits per heavy atom. The second kappa shape index (κ2) is 20.4. The van der Waals surface area contributed by atoms with Gasteiger partial charge < -0.3 is 9.72 Å². The Kier molecular flexibility index (Phi) is 12.0. The summed E-state index contributed by atoms with van der Waals surface area (Å²) in [5.41, 5.74) is 17.5. The molecule has 0 aliphatic heterocycles. The Labute approximate surface area is 510 Å². The van der Waals surface area contributed by atoms with Crippen LogP contribution in [0.15, 0.2) is 229 Å². The molecule has 20 rings (SSSR count). The molecule has 0 amide bonds. The van der Waals surface area contributed by atoms with Crippen LogP contribution in [0.2, 0.25) is 0 Å². The Morgan fingerprint density at radius 3 is 1.15 bits per heavy atom. The van der Waals surface area contributed by atoms with Crippen molar-refractivity contribution in [3.05, 3.63) is 234 Å². The van der Waals surface area contributed by atoms with Crippen molar-refractivity contribution < 1.29 is 4.74 Å². The molecular weight excluding hydrogens is 1180 g/mol. The summed E-state index contributed by atoms with van der Waals surface area (Å²) in [6.45, 7) is 0. The molecule has 0 radical (unpaired) electrons. The zero-order chi connectivity index (χ0) is 57.4. The van der Waals surface area contributed by atoms with Crippen LogP contribution in [-0.2, 0) is 0 Å². The van der Waals surface area contributed by atoms with E-state index in [0.29, 0.717) is 11.5 Å². The lowest BCUT2D eigenvalue weighted by Gasteiger charge is -2.12. The van der Waals surface area contributed by atoms with Crippen molar-refractivity contribution in [1.29, 1.82) is 0 Å². The normalized spacial score (nSPS) is 11.7. The number of nitrogens with zero attached hydrogens (tertiary/aromatic N) is 15. The molecule has 12 heterocycles. The molecule has 0 aliphatic carbocycles. The van der Waals surface area contributed by atoms with Gasteiger partial charge in [0.2, 0.25) is 0 Å². The molecule has 1 N–H and O–H groups in total. The fourth-order valence-electron chi connectivity index (χ4n) is 12.4. The second-order valence-electron chi connectivity index (χ2n) is 20.9. The highest BCUT2D eigenvalue weighted by Crippen LogP contribution is 2.38. The molecule has 0 atom stereocenters. The minimum absolute atomic E-state index is 0. The molecule has 0 aliphatic rings. The highest BCUT2D eigenvalue weighted by Gasteiger charge is 2.21. The molecule has 8 aromatic carbocycles. The highest BCUT2D eigenvalue weighted by molar-refractivity contribution is 9.10. The lowest BCUT2D eigenvalue weighted by molar-refractivity contribution is 0.484. The fraction of sp³-hybridized carbons (Fsp3) is 0.0286. The maximum absolute atomic E-state index is 11.8. The standard InChI is InChI=1S/C34H18N8O.C17H9BrN4.C17H10N4O.2CH4/c1-3-7-27-25(5-1)39-31-23-17-19(9-11-21(23)29-33(41(27)31)37-15-13-35-29)43-20-10-12-22-24(18-20)32-40-26-6-2-4-8-28(26)42(32)34-30(22)36-14-16-38-34;18-10-5-6-11-12(9-10)16-21-13-3-1-2-4-14(13)22(16)17-15(11)19-7-8-20-17;22-10-5-6-11-12(9-10)16-20-13-3-1-2-4-14(13)21(16)17-15(11)18-7-8-19-17;;/h1-18H;1-9H;1-9,18H;2*1H4. The van der Waals surface area contributed by atoms with Crippen LogP contribution in [0.3, 0.4) is 0 Å². The predicted octanol–water partition coefficient (Wildman–Crippen LogP) is 15.8. The molecule has 20 aromatic rings. The molecule has 0 unspecified atom stereocenters. The number of H-pyrrole nitrogens is 1. The van der Waals surface area contributed by atoms with Gasteiger partial charge in [0.15, 0.2) is 28.0 Å². The Bertz CT molecular complexity index is 6200. The van der Waals surface area contributed by atoms with E-state index in [9.17, 15) is 4.79 Å². The molecule has 0 bridgehead atoms. The SMILES string of the molecule is Brc1ccc2c(c1)c1nc3ccccc3n1c1nccnc21.C.C.O=c1ccc2c(c1)c1nc3ccccc3n1c1ncc[nH]c21.c1ccc2c(c1)nc1c3cc(Oc4ccc5c(c4)c4nc6ccccc6n4c4nccnc54)ccc3c3nccnc3n21. The fourth-order valence-corrected chi connectivity index (χ4v) is 12.8. The van der Waals surface area contributed by atoms with E-state index in [1.54, 1.807) is 61.7 Å². The summed E-state index contributed by atoms with van der Waals surface area (Å²) in [5.74, 6) is 1.38. The number of rotatable bonds is 2. The smallest absolute Gasteiger partial charge is 0.179 e. The third-order valence-electron chi connectivity index (χ3n) is 16.0. The molecular formula is C70H45BrN16O2. The van der Waals surface area contributed by atoms with Gasteiger partial charge in [-0.2, -0.15) is 0 Å². The second-order valence-corrected chi connectivity index (χ2v) is 21.8. The number of fused-ring (bicyclic) bond motifs is 32. The van der Waals surface area contributed by atoms with Crippen LogP contribution >= 0.6 is 15.9 Å². The van der Waals surface area contributed by atoms with Crippen LogP contribution in [0.25, 0.3) is 154 Å². The number of pyridine rings is 4. The highest BCUT2D eigenvalue weighted by atomic mass is 79.9. The van der Waals surface area contributed by atoms with Crippen molar-refractivity contribution in [3.8, 4) is 11.5 Å². The molecule has 18 nitrogen and oxygen atoms in total. The van der Waals surface area contributed by atoms with E-state index in [1.165, 1.54) is 0 Å². The van der Waals surface area contributed by atoms with Gasteiger partial charge in [-0.1, -0.05) is 85.4 Å². The number of hydrogen-bond donors (Lipinski definition) is 1. The zero-order valence-electron chi connectivity index (χ0n) is 45.2. The molecule has 0 spiro atoms. The monoisotopic (exact) mass is 1220 g/mol. The molecule has 12 aromatic heterocycles. The first-order chi connectivity index (χ1) is 43.0. The Balaban J connectivity index is 0.000000117. The van der Waals surface area contributed by atoms with Gasteiger partial charge in [-0.25, -0.2) is 39.9 Å². The average Bonchev–Trinajstić information content (AvgIpc) is 1.83. The van der Waals surface area contributed by atoms with Crippen LogP contribution in [0, 0.1) is 0 Å². The number of benzene rings is 8. The van der Waals surface area contributed by atoms with Gasteiger partial charge in [0.25, 0.3) is 0 Å². The van der Waals surface area contributed by atoms with Gasteiger partial charge in [0, 0.05) is 97.1 Å². The topological polar surface area (TPSA) is 202 Å². The van der Waals surface area contributed by atoms with E-state index in [-0.39, 0.29) is 20.3 Å². The zero-order valence-corrected chi connectivity index (χ0v) is 46.8. The first kappa shape index (κ1) is 52.6. The number of nitrogens with one attached hydrogen (secondary N) is 1. The number of aromatic amines is 1. The summed E-state index contributed by atoms with van der Waals surface area (Å²) in [7, 11) is 0. The molecule has 89 heavy (non-hydrogen) atoms. The molecule has 0 fully saturated rings. The third-order valence-corrected chi connectivity index (χ3v) is 16.5. The number of imidazole rings is 4. The first-order valence-corrected chi connectivity index (χ1v) is 28.6. The van der Waals surface area contributed by atoms with Crippen LogP contribution in [0.4, 0.5) is 0 Å². The summed E-state index contributed by atoms with van der Waals surface area (Å²) in [6, 6.07) is 55.4. The van der Waals surface area contributed by atoms with Gasteiger partial charge in [0.1, 0.15) is 50.6 Å². The van der Waals surface area contributed by atoms with Gasteiger partial charge in [-0.05, 0) is 115 Å². The van der Waals surface area contributed by atoms with Crippen molar-refractivity contribution in [2.75, 3.05) is 0 Å². The van der Waals surface area contributed by atoms with Crippen molar-refractivity contribution in [3.63, 3.8) is 0 Å². The first-order valence-electron chi connectivity index (χ1n) is 27.8. The van der Waals surface area contributed by atoms with E-state index < -0.39 is 0 Å². The minimum atomic E-state index is -0.0234. The summed E-state index contributed by atoms with van der Waals surface area (Å²) < 4.78 is 15.8. The van der Waals surface area contributed by atoms with Crippen molar-refractivity contribution >= 4 is 170 Å². The molecule has 0 saturated carbocycles. The van der Waals surface area contributed by atoms with Gasteiger partial charge in [-0.3, -0.25) is 37.3 Å². The van der Waals surface area contributed by atoms with Crippen LogP contribution in [0.1, 0.15) is 14.9 Å². The lowest BCUT2D eigenvalue weighted by Crippen LogP contribution is -2.00. The van der Waals surface area contributed by atoms with Gasteiger partial charge in [0.05, 0.1) is 49.7 Å². The quantitative estimate of drug-likeness (QED) is 0.160. The number of para-hydroxylation sites is 8. The predicted molar refractivity (Wildman–Crippen MR) is 357 cm³/mol. The van der Waals surface area contributed by atoms with E-state index in [1.807, 2.05) is 132 Å². The van der Waals surface area contributed by atoms with E-state index in [4.69, 9.17) is 34.6 Å². The third kappa shape index (κ3) is 8.02. The number of ether oxygens (including phenoxy) is 1. The lowest BCUT2D eigenvalue weighted by atomic mass is 10.1. The van der Waals surface area contributed by atoms with Crippen LogP contribution in [-0.4, -0.2) is 77.4 Å². The van der Waals surface area contributed by atoms with Crippen molar-refractivity contribution in [2.45, 2.75) is 14.9 Å². The van der Waals surface area contributed by atoms with Crippen LogP contribution in [0.5, 0.6) is 11.5 Å². The maximum Gasteiger partial charge on any atom is 0.179 e. The number of halogens is 1. The van der Waals surface area contributed by atoms with E-state index >= 15 is 0 Å². The summed E-state index contributed by atoms with van der Waals surface area (Å²) in [4.78, 5) is 66.9. The number of hydrogen-bond acceptors (Lipinski definition) is 13. The van der Waals surface area contributed by atoms with Gasteiger partial charge in [-0.15, -0.1) is 0 Å². The minimum Gasteiger partial charge on any atom is -0.457 e. The largest absolute Gasteiger partial charge is 0.457 e. The summed E-state index contributed by atoms with van der Waals surface area (Å²) in [5, 5.41) is 7.72. The average molecular weight is 1220 g/mol. The summed E-state index contributed by atoms with van der Waals surface area (Å²) in [6.07, 6.45) is 13.8.